The summed E-state index contributed by atoms with van der Waals surface area (Å²) in [5.74, 6) is 0.401. The molecule has 1 fully saturated rings. The third kappa shape index (κ3) is 4.40. The van der Waals surface area contributed by atoms with Crippen molar-refractivity contribution in [2.24, 2.45) is 5.92 Å². The van der Waals surface area contributed by atoms with Crippen LogP contribution in [-0.2, 0) is 0 Å². The van der Waals surface area contributed by atoms with Crippen LogP contribution in [-0.4, -0.2) is 35.7 Å². The second-order valence-electron chi connectivity index (χ2n) is 6.84. The van der Waals surface area contributed by atoms with Gasteiger partial charge < -0.3 is 15.3 Å². The smallest absolute Gasteiger partial charge is 0.321 e. The van der Waals surface area contributed by atoms with Gasteiger partial charge in [0.2, 0.25) is 0 Å². The number of benzene rings is 2. The quantitative estimate of drug-likeness (QED) is 0.870. The minimum atomic E-state index is -0.0695. The summed E-state index contributed by atoms with van der Waals surface area (Å²) >= 11 is 0. The number of rotatable bonds is 4. The van der Waals surface area contributed by atoms with Gasteiger partial charge in [0.25, 0.3) is 0 Å². The minimum Gasteiger partial charge on any atom is -0.396 e. The molecule has 25 heavy (non-hydrogen) atoms. The van der Waals surface area contributed by atoms with Crippen molar-refractivity contribution in [3.05, 3.63) is 54.6 Å². The molecule has 2 aromatic carbocycles. The Morgan fingerprint density at radius 3 is 2.20 bits per heavy atom. The molecule has 132 valence electrons. The molecule has 2 amide bonds. The third-order valence-electron chi connectivity index (χ3n) is 5.19. The molecular formula is C21H26N2O2. The van der Waals surface area contributed by atoms with E-state index in [0.717, 1.165) is 42.5 Å². The van der Waals surface area contributed by atoms with Crippen LogP contribution in [0.5, 0.6) is 0 Å². The summed E-state index contributed by atoms with van der Waals surface area (Å²) in [6.45, 7) is 0.260. The molecule has 0 unspecified atom stereocenters. The standard InChI is InChI=1S/C21H26N2O2/c1-23(20-13-7-16(15-24)8-14-20)21(25)22-19-11-9-18(10-12-19)17-5-3-2-4-6-17/h2-6,9-12,16,20,24H,7-8,13-15H2,1H3,(H,22,25). The van der Waals surface area contributed by atoms with E-state index in [1.807, 2.05) is 49.5 Å². The van der Waals surface area contributed by atoms with E-state index in [-0.39, 0.29) is 18.7 Å². The summed E-state index contributed by atoms with van der Waals surface area (Å²) in [4.78, 5) is 14.3. The van der Waals surface area contributed by atoms with Gasteiger partial charge in [0.1, 0.15) is 0 Å². The van der Waals surface area contributed by atoms with Gasteiger partial charge in [0.15, 0.2) is 0 Å². The summed E-state index contributed by atoms with van der Waals surface area (Å²) in [6, 6.07) is 18.3. The van der Waals surface area contributed by atoms with Crippen LogP contribution >= 0.6 is 0 Å². The number of anilines is 1. The second kappa shape index (κ2) is 8.17. The van der Waals surface area contributed by atoms with E-state index in [0.29, 0.717) is 5.92 Å². The number of nitrogens with one attached hydrogen (secondary N) is 1. The summed E-state index contributed by atoms with van der Waals surface area (Å²) in [5, 5.41) is 12.2. The molecule has 0 saturated heterocycles. The van der Waals surface area contributed by atoms with Crippen molar-refractivity contribution in [2.75, 3.05) is 19.0 Å². The van der Waals surface area contributed by atoms with Crippen molar-refractivity contribution >= 4 is 11.7 Å². The molecule has 2 aromatic rings. The van der Waals surface area contributed by atoms with Crippen molar-refractivity contribution in [2.45, 2.75) is 31.7 Å². The van der Waals surface area contributed by atoms with Gasteiger partial charge >= 0.3 is 6.03 Å². The summed E-state index contributed by atoms with van der Waals surface area (Å²) < 4.78 is 0. The Morgan fingerprint density at radius 2 is 1.60 bits per heavy atom. The van der Waals surface area contributed by atoms with E-state index in [1.165, 1.54) is 0 Å². The first kappa shape index (κ1) is 17.5. The first-order chi connectivity index (χ1) is 12.2. The maximum atomic E-state index is 12.5. The van der Waals surface area contributed by atoms with Crippen molar-refractivity contribution in [3.8, 4) is 11.1 Å². The van der Waals surface area contributed by atoms with Crippen LogP contribution in [0.2, 0.25) is 0 Å². The molecule has 0 bridgehead atoms. The summed E-state index contributed by atoms with van der Waals surface area (Å²) in [6.07, 6.45) is 3.90. The maximum absolute atomic E-state index is 12.5. The van der Waals surface area contributed by atoms with E-state index >= 15 is 0 Å². The number of carbonyl (C=O) groups excluding carboxylic acids is 1. The largest absolute Gasteiger partial charge is 0.396 e. The molecule has 0 aromatic heterocycles. The summed E-state index contributed by atoms with van der Waals surface area (Å²) in [7, 11) is 1.86. The van der Waals surface area contributed by atoms with Gasteiger partial charge in [0.05, 0.1) is 0 Å². The number of nitrogens with zero attached hydrogens (tertiary/aromatic N) is 1. The Kier molecular flexibility index (Phi) is 5.71. The lowest BCUT2D eigenvalue weighted by atomic mass is 9.86. The highest BCUT2D eigenvalue weighted by Gasteiger charge is 2.26. The van der Waals surface area contributed by atoms with Crippen molar-refractivity contribution in [1.29, 1.82) is 0 Å². The van der Waals surface area contributed by atoms with E-state index in [2.05, 4.69) is 17.4 Å². The van der Waals surface area contributed by atoms with Crippen molar-refractivity contribution in [3.63, 3.8) is 0 Å². The predicted octanol–water partition coefficient (Wildman–Crippen LogP) is 4.37. The Bertz CT molecular complexity index is 677. The Labute approximate surface area is 149 Å². The number of aliphatic hydroxyl groups excluding tert-OH is 1. The fourth-order valence-electron chi connectivity index (χ4n) is 3.47. The zero-order valence-corrected chi connectivity index (χ0v) is 14.7. The van der Waals surface area contributed by atoms with Gasteiger partial charge in [-0.3, -0.25) is 0 Å². The fourth-order valence-corrected chi connectivity index (χ4v) is 3.47. The second-order valence-corrected chi connectivity index (χ2v) is 6.84. The molecule has 3 rings (SSSR count). The number of hydrogen-bond donors (Lipinski definition) is 2. The van der Waals surface area contributed by atoms with Crippen LogP contribution in [0, 0.1) is 5.92 Å². The number of hydrogen-bond acceptors (Lipinski definition) is 2. The van der Waals surface area contributed by atoms with E-state index in [9.17, 15) is 9.90 Å². The van der Waals surface area contributed by atoms with Crippen LogP contribution < -0.4 is 5.32 Å². The first-order valence-corrected chi connectivity index (χ1v) is 8.97. The lowest BCUT2D eigenvalue weighted by Crippen LogP contribution is -2.42. The molecule has 0 atom stereocenters. The Hall–Kier alpha value is -2.33. The number of aliphatic hydroxyl groups is 1. The monoisotopic (exact) mass is 338 g/mol. The summed E-state index contributed by atoms with van der Waals surface area (Å²) in [5.41, 5.74) is 3.10. The van der Waals surface area contributed by atoms with E-state index in [1.54, 1.807) is 4.90 Å². The average Bonchev–Trinajstić information content (AvgIpc) is 2.68. The maximum Gasteiger partial charge on any atom is 0.321 e. The molecular weight excluding hydrogens is 312 g/mol. The van der Waals surface area contributed by atoms with E-state index < -0.39 is 0 Å². The fraction of sp³-hybridized carbons (Fsp3) is 0.381. The molecule has 4 nitrogen and oxygen atoms in total. The SMILES string of the molecule is CN(C(=O)Nc1ccc(-c2ccccc2)cc1)C1CCC(CO)CC1. The Morgan fingerprint density at radius 1 is 1.00 bits per heavy atom. The Balaban J connectivity index is 1.57. The van der Waals surface area contributed by atoms with Crippen LogP contribution in [0.15, 0.2) is 54.6 Å². The highest BCUT2D eigenvalue weighted by molar-refractivity contribution is 5.89. The van der Waals surface area contributed by atoms with Crippen LogP contribution in [0.1, 0.15) is 25.7 Å². The van der Waals surface area contributed by atoms with Gasteiger partial charge in [-0.15, -0.1) is 0 Å². The highest BCUT2D eigenvalue weighted by atomic mass is 16.3. The first-order valence-electron chi connectivity index (χ1n) is 8.97. The molecule has 0 aliphatic heterocycles. The number of carbonyl (C=O) groups is 1. The zero-order valence-electron chi connectivity index (χ0n) is 14.7. The number of amides is 2. The predicted molar refractivity (Wildman–Crippen MR) is 101 cm³/mol. The van der Waals surface area contributed by atoms with Gasteiger partial charge in [-0.1, -0.05) is 42.5 Å². The number of urea groups is 1. The molecule has 0 heterocycles. The van der Waals surface area contributed by atoms with Crippen LogP contribution in [0.3, 0.4) is 0 Å². The van der Waals surface area contributed by atoms with Crippen molar-refractivity contribution in [1.82, 2.24) is 4.90 Å². The van der Waals surface area contributed by atoms with Crippen LogP contribution in [0.4, 0.5) is 10.5 Å². The lowest BCUT2D eigenvalue weighted by Gasteiger charge is -2.34. The molecule has 4 heteroatoms. The molecule has 1 aliphatic carbocycles. The average molecular weight is 338 g/mol. The van der Waals surface area contributed by atoms with Gasteiger partial charge in [-0.05, 0) is 54.9 Å². The molecule has 1 saturated carbocycles. The normalized spacial score (nSPS) is 20.1. The molecule has 0 radical (unpaired) electrons. The van der Waals surface area contributed by atoms with Crippen molar-refractivity contribution < 1.29 is 9.90 Å². The molecule has 0 spiro atoms. The van der Waals surface area contributed by atoms with Gasteiger partial charge in [0, 0.05) is 25.4 Å². The minimum absolute atomic E-state index is 0.0695. The topological polar surface area (TPSA) is 52.6 Å². The lowest BCUT2D eigenvalue weighted by molar-refractivity contribution is 0.139. The zero-order chi connectivity index (χ0) is 17.6. The van der Waals surface area contributed by atoms with Gasteiger partial charge in [-0.25, -0.2) is 4.79 Å². The van der Waals surface area contributed by atoms with Gasteiger partial charge in [-0.2, -0.15) is 0 Å². The molecule has 1 aliphatic rings. The van der Waals surface area contributed by atoms with E-state index in [4.69, 9.17) is 0 Å². The molecule has 2 N–H and O–H groups in total. The highest BCUT2D eigenvalue weighted by Crippen LogP contribution is 2.27. The third-order valence-corrected chi connectivity index (χ3v) is 5.19. The van der Waals surface area contributed by atoms with Crippen LogP contribution in [0.25, 0.3) is 11.1 Å².